The molecule has 0 aromatic carbocycles. The molecule has 0 aliphatic heterocycles. The smallest absolute Gasteiger partial charge is 0.322 e. The maximum absolute atomic E-state index is 11.3. The average molecular weight is 360 g/mol. The van der Waals surface area contributed by atoms with Crippen molar-refractivity contribution in [3.05, 3.63) is 24.3 Å². The summed E-state index contributed by atoms with van der Waals surface area (Å²) in [6, 6.07) is 0. The Labute approximate surface area is 175 Å². The second kappa shape index (κ2) is 21.5. The molecule has 0 aliphatic rings. The van der Waals surface area contributed by atoms with Crippen LogP contribution in [-0.4, -0.2) is 53.1 Å². The molecule has 0 bridgehead atoms. The van der Waals surface area contributed by atoms with E-state index >= 15 is 0 Å². The summed E-state index contributed by atoms with van der Waals surface area (Å²) >= 11 is 0. The number of carboxylic acid groups (broad SMARTS) is 1. The number of unbranched alkanes of at least 4 members (excludes halogenated alkanes) is 8. The summed E-state index contributed by atoms with van der Waals surface area (Å²) in [4.78, 5) is 21.6. The molecule has 0 rings (SSSR count). The quantitative estimate of drug-likeness (QED) is 0.240. The van der Waals surface area contributed by atoms with E-state index in [9.17, 15) is 9.59 Å². The molecular weight excluding hydrogens is 325 g/mol. The maximum atomic E-state index is 11.3. The van der Waals surface area contributed by atoms with Crippen LogP contribution in [0.1, 0.15) is 84.0 Å². The summed E-state index contributed by atoms with van der Waals surface area (Å²) in [5.41, 5.74) is 0. The number of allylic oxidation sites excluding steroid dienone is 4. The van der Waals surface area contributed by atoms with Crippen molar-refractivity contribution in [2.45, 2.75) is 84.0 Å². The van der Waals surface area contributed by atoms with Crippen LogP contribution >= 0.6 is 0 Å². The SMILES string of the molecule is CCCCC/C=C\C/C=C\CCCCCCCC(=O)NCC(=O)O.[Na]. The monoisotopic (exact) mass is 360 g/mol. The molecule has 0 aromatic heterocycles. The molecule has 2 N–H and O–H groups in total. The van der Waals surface area contributed by atoms with Gasteiger partial charge >= 0.3 is 5.97 Å². The third-order valence-corrected chi connectivity index (χ3v) is 3.79. The Morgan fingerprint density at radius 1 is 0.840 bits per heavy atom. The van der Waals surface area contributed by atoms with Crippen LogP contribution in [-0.2, 0) is 9.59 Å². The predicted molar refractivity (Wildman–Crippen MR) is 106 cm³/mol. The Balaban J connectivity index is 0. The number of aliphatic carboxylic acids is 1. The zero-order valence-corrected chi connectivity index (χ0v) is 18.3. The van der Waals surface area contributed by atoms with Crippen LogP contribution < -0.4 is 5.32 Å². The molecule has 25 heavy (non-hydrogen) atoms. The third-order valence-electron chi connectivity index (χ3n) is 3.79. The van der Waals surface area contributed by atoms with Gasteiger partial charge in [-0.15, -0.1) is 0 Å². The molecule has 0 atom stereocenters. The van der Waals surface area contributed by atoms with Crippen molar-refractivity contribution < 1.29 is 14.7 Å². The van der Waals surface area contributed by atoms with Gasteiger partial charge in [0.15, 0.2) is 0 Å². The van der Waals surface area contributed by atoms with E-state index in [0.29, 0.717) is 6.42 Å². The fourth-order valence-electron chi connectivity index (χ4n) is 2.36. The number of hydrogen-bond donors (Lipinski definition) is 2. The van der Waals surface area contributed by atoms with Gasteiger partial charge in [0.2, 0.25) is 5.91 Å². The first kappa shape index (κ1) is 26.6. The topological polar surface area (TPSA) is 66.4 Å². The molecule has 1 amide bonds. The molecule has 0 aliphatic carbocycles. The van der Waals surface area contributed by atoms with E-state index in [1.807, 2.05) is 0 Å². The van der Waals surface area contributed by atoms with Crippen molar-refractivity contribution in [1.29, 1.82) is 0 Å². The minimum atomic E-state index is -0.997. The number of carbonyl (C=O) groups excluding carboxylic acids is 1. The second-order valence-electron chi connectivity index (χ2n) is 6.15. The van der Waals surface area contributed by atoms with Gasteiger partial charge in [0, 0.05) is 36.0 Å². The van der Waals surface area contributed by atoms with Gasteiger partial charge in [-0.25, -0.2) is 0 Å². The number of amides is 1. The Morgan fingerprint density at radius 2 is 1.40 bits per heavy atom. The first-order chi connectivity index (χ1) is 11.7. The van der Waals surface area contributed by atoms with E-state index in [2.05, 4.69) is 36.5 Å². The Morgan fingerprint density at radius 3 is 2.00 bits per heavy atom. The van der Waals surface area contributed by atoms with Gasteiger partial charge in [-0.05, 0) is 38.5 Å². The maximum Gasteiger partial charge on any atom is 0.322 e. The van der Waals surface area contributed by atoms with Crippen LogP contribution in [0.25, 0.3) is 0 Å². The van der Waals surface area contributed by atoms with Crippen molar-refractivity contribution in [2.75, 3.05) is 6.54 Å². The van der Waals surface area contributed by atoms with Gasteiger partial charge in [0.25, 0.3) is 0 Å². The van der Waals surface area contributed by atoms with E-state index in [1.165, 1.54) is 38.5 Å². The second-order valence-corrected chi connectivity index (χ2v) is 6.15. The first-order valence-electron chi connectivity index (χ1n) is 9.45. The van der Waals surface area contributed by atoms with E-state index in [-0.39, 0.29) is 42.0 Å². The standard InChI is InChI=1S/C20H35NO3.Na/c1-2-3-4-5-6-7-8-9-10-11-12-13-14-15-16-17-19(22)21-18-20(23)24;/h6-7,9-10H,2-5,8,11-18H2,1H3,(H,21,22)(H,23,24);/b7-6-,10-9-;. The van der Waals surface area contributed by atoms with E-state index in [4.69, 9.17) is 5.11 Å². The zero-order valence-electron chi connectivity index (χ0n) is 16.3. The van der Waals surface area contributed by atoms with Crippen molar-refractivity contribution in [3.8, 4) is 0 Å². The van der Waals surface area contributed by atoms with Gasteiger partial charge in [-0.1, -0.05) is 63.3 Å². The predicted octanol–water partition coefficient (Wildman–Crippen LogP) is 4.62. The van der Waals surface area contributed by atoms with Crippen molar-refractivity contribution in [2.24, 2.45) is 0 Å². The van der Waals surface area contributed by atoms with Gasteiger partial charge in [0.1, 0.15) is 6.54 Å². The van der Waals surface area contributed by atoms with E-state index in [0.717, 1.165) is 32.1 Å². The molecular formula is C20H35NNaO3. The average Bonchev–Trinajstić information content (AvgIpc) is 2.56. The summed E-state index contributed by atoms with van der Waals surface area (Å²) in [6.45, 7) is 1.95. The first-order valence-corrected chi connectivity index (χ1v) is 9.45. The van der Waals surface area contributed by atoms with Gasteiger partial charge in [-0.3, -0.25) is 9.59 Å². The van der Waals surface area contributed by atoms with Crippen molar-refractivity contribution >= 4 is 41.4 Å². The minimum absolute atomic E-state index is 0. The fourth-order valence-corrected chi connectivity index (χ4v) is 2.36. The van der Waals surface area contributed by atoms with E-state index in [1.54, 1.807) is 0 Å². The van der Waals surface area contributed by atoms with Crippen LogP contribution in [0.4, 0.5) is 0 Å². The summed E-state index contributed by atoms with van der Waals surface area (Å²) in [6.07, 6.45) is 22.1. The van der Waals surface area contributed by atoms with Crippen LogP contribution in [0, 0.1) is 0 Å². The summed E-state index contributed by atoms with van der Waals surface area (Å²) in [7, 11) is 0. The molecule has 0 heterocycles. The summed E-state index contributed by atoms with van der Waals surface area (Å²) in [5, 5.41) is 10.8. The summed E-state index contributed by atoms with van der Waals surface area (Å²) < 4.78 is 0. The molecule has 0 fully saturated rings. The van der Waals surface area contributed by atoms with E-state index < -0.39 is 5.97 Å². The number of hydrogen-bond acceptors (Lipinski definition) is 2. The molecule has 1 radical (unpaired) electrons. The molecule has 0 saturated heterocycles. The molecule has 4 nitrogen and oxygen atoms in total. The van der Waals surface area contributed by atoms with Gasteiger partial charge < -0.3 is 10.4 Å². The number of nitrogens with one attached hydrogen (secondary N) is 1. The zero-order chi connectivity index (χ0) is 17.9. The molecule has 139 valence electrons. The van der Waals surface area contributed by atoms with Crippen LogP contribution in [0.15, 0.2) is 24.3 Å². The van der Waals surface area contributed by atoms with Crippen LogP contribution in [0.2, 0.25) is 0 Å². The fraction of sp³-hybridized carbons (Fsp3) is 0.700. The van der Waals surface area contributed by atoms with Crippen LogP contribution in [0.3, 0.4) is 0 Å². The summed E-state index contributed by atoms with van der Waals surface area (Å²) in [5.74, 6) is -1.16. The number of rotatable bonds is 16. The Hall–Kier alpha value is -0.580. The molecule has 0 saturated carbocycles. The minimum Gasteiger partial charge on any atom is -0.480 e. The molecule has 5 heteroatoms. The molecule has 0 spiro atoms. The normalized spacial score (nSPS) is 10.9. The van der Waals surface area contributed by atoms with Gasteiger partial charge in [-0.2, -0.15) is 0 Å². The number of carboxylic acids is 1. The molecule has 0 aromatic rings. The van der Waals surface area contributed by atoms with Crippen molar-refractivity contribution in [1.82, 2.24) is 5.32 Å². The number of carbonyl (C=O) groups is 2. The Kier molecular flexibility index (Phi) is 22.9. The largest absolute Gasteiger partial charge is 0.480 e. The third kappa shape index (κ3) is 23.4. The molecule has 0 unspecified atom stereocenters. The van der Waals surface area contributed by atoms with Gasteiger partial charge in [0.05, 0.1) is 0 Å². The van der Waals surface area contributed by atoms with Crippen LogP contribution in [0.5, 0.6) is 0 Å². The van der Waals surface area contributed by atoms with Crippen molar-refractivity contribution in [3.63, 3.8) is 0 Å². The Bertz CT molecular complexity index is 381.